The first-order valence-corrected chi connectivity index (χ1v) is 9.64. The monoisotopic (exact) mass is 324 g/mol. The van der Waals surface area contributed by atoms with E-state index < -0.39 is 10.0 Å². The van der Waals surface area contributed by atoms with Crippen LogP contribution in [0.5, 0.6) is 0 Å². The van der Waals surface area contributed by atoms with Crippen molar-refractivity contribution < 1.29 is 13.2 Å². The standard InChI is InChI=1S/C16H24N2O3S/c1-22(20,21)18(15-10-6-3-7-11-15)13-12-16(19)17-14-8-4-2-5-9-14/h3,6-7,10-11,14H,2,4-5,8-9,12-13H2,1H3,(H,17,19). The van der Waals surface area contributed by atoms with E-state index in [0.29, 0.717) is 5.69 Å². The molecule has 22 heavy (non-hydrogen) atoms. The summed E-state index contributed by atoms with van der Waals surface area (Å²) in [6, 6.07) is 9.13. The number of rotatable bonds is 6. The molecule has 0 atom stereocenters. The van der Waals surface area contributed by atoms with Gasteiger partial charge < -0.3 is 5.32 Å². The summed E-state index contributed by atoms with van der Waals surface area (Å²) in [6.07, 6.45) is 6.95. The maximum Gasteiger partial charge on any atom is 0.232 e. The Balaban J connectivity index is 1.92. The molecule has 0 aliphatic heterocycles. The molecule has 6 heteroatoms. The van der Waals surface area contributed by atoms with Gasteiger partial charge in [0.1, 0.15) is 0 Å². The molecule has 0 spiro atoms. The predicted octanol–water partition coefficient (Wildman–Crippen LogP) is 2.29. The lowest BCUT2D eigenvalue weighted by Gasteiger charge is -2.25. The van der Waals surface area contributed by atoms with Gasteiger partial charge in [-0.15, -0.1) is 0 Å². The first-order chi connectivity index (χ1) is 10.5. The molecule has 1 aromatic carbocycles. The van der Waals surface area contributed by atoms with Gasteiger partial charge >= 0.3 is 0 Å². The van der Waals surface area contributed by atoms with Gasteiger partial charge in [-0.2, -0.15) is 0 Å². The van der Waals surface area contributed by atoms with Gasteiger partial charge in [0, 0.05) is 19.0 Å². The van der Waals surface area contributed by atoms with E-state index in [-0.39, 0.29) is 24.9 Å². The number of hydrogen-bond acceptors (Lipinski definition) is 3. The van der Waals surface area contributed by atoms with Crippen molar-refractivity contribution in [2.45, 2.75) is 44.6 Å². The summed E-state index contributed by atoms with van der Waals surface area (Å²) in [4.78, 5) is 12.0. The largest absolute Gasteiger partial charge is 0.353 e. The minimum absolute atomic E-state index is 0.0727. The molecule has 1 aliphatic rings. The zero-order valence-electron chi connectivity index (χ0n) is 13.0. The highest BCUT2D eigenvalue weighted by Gasteiger charge is 2.20. The van der Waals surface area contributed by atoms with Crippen LogP contribution >= 0.6 is 0 Å². The second-order valence-electron chi connectivity index (χ2n) is 5.82. The summed E-state index contributed by atoms with van der Waals surface area (Å²) < 4.78 is 25.1. The molecule has 5 nitrogen and oxygen atoms in total. The van der Waals surface area contributed by atoms with Crippen molar-refractivity contribution in [2.24, 2.45) is 0 Å². The molecule has 1 aromatic rings. The van der Waals surface area contributed by atoms with Crippen LogP contribution in [0.4, 0.5) is 5.69 Å². The van der Waals surface area contributed by atoms with Crippen molar-refractivity contribution in [3.63, 3.8) is 0 Å². The number of anilines is 1. The molecule has 0 radical (unpaired) electrons. The van der Waals surface area contributed by atoms with Crippen LogP contribution in [0.15, 0.2) is 30.3 Å². The fourth-order valence-corrected chi connectivity index (χ4v) is 3.76. The van der Waals surface area contributed by atoms with Crippen molar-refractivity contribution in [3.05, 3.63) is 30.3 Å². The summed E-state index contributed by atoms with van der Waals surface area (Å²) in [7, 11) is -3.39. The molecule has 0 bridgehead atoms. The fraction of sp³-hybridized carbons (Fsp3) is 0.562. The average Bonchev–Trinajstić information content (AvgIpc) is 2.48. The maximum absolute atomic E-state index is 12.0. The lowest BCUT2D eigenvalue weighted by molar-refractivity contribution is -0.121. The first-order valence-electron chi connectivity index (χ1n) is 7.79. The number of carbonyl (C=O) groups excluding carboxylic acids is 1. The molecule has 0 saturated heterocycles. The minimum atomic E-state index is -3.39. The summed E-state index contributed by atoms with van der Waals surface area (Å²) in [6.45, 7) is 0.168. The Labute approximate surface area is 132 Å². The Hall–Kier alpha value is -1.56. The zero-order chi connectivity index (χ0) is 16.0. The SMILES string of the molecule is CS(=O)(=O)N(CCC(=O)NC1CCCCC1)c1ccccc1. The second kappa shape index (κ2) is 7.63. The van der Waals surface area contributed by atoms with E-state index in [2.05, 4.69) is 5.32 Å². The predicted molar refractivity (Wildman–Crippen MR) is 88.3 cm³/mol. The molecule has 2 rings (SSSR count). The minimum Gasteiger partial charge on any atom is -0.353 e. The van der Waals surface area contributed by atoms with E-state index >= 15 is 0 Å². The number of sulfonamides is 1. The van der Waals surface area contributed by atoms with E-state index in [1.807, 2.05) is 6.07 Å². The second-order valence-corrected chi connectivity index (χ2v) is 7.73. The number of nitrogens with zero attached hydrogens (tertiary/aromatic N) is 1. The highest BCUT2D eigenvalue weighted by molar-refractivity contribution is 7.92. The van der Waals surface area contributed by atoms with Crippen LogP contribution in [-0.4, -0.2) is 33.2 Å². The van der Waals surface area contributed by atoms with Gasteiger partial charge in [0.2, 0.25) is 15.9 Å². The molecule has 0 heterocycles. The lowest BCUT2D eigenvalue weighted by atomic mass is 9.95. The van der Waals surface area contributed by atoms with Crippen molar-refractivity contribution in [1.82, 2.24) is 5.32 Å². The van der Waals surface area contributed by atoms with E-state index in [1.165, 1.54) is 17.0 Å². The highest BCUT2D eigenvalue weighted by Crippen LogP contribution is 2.19. The molecular weight excluding hydrogens is 300 g/mol. The molecular formula is C16H24N2O3S. The number of amides is 1. The van der Waals surface area contributed by atoms with Gasteiger partial charge in [-0.1, -0.05) is 37.5 Å². The maximum atomic E-state index is 12.0. The van der Waals surface area contributed by atoms with E-state index in [4.69, 9.17) is 0 Å². The molecule has 1 aliphatic carbocycles. The van der Waals surface area contributed by atoms with E-state index in [0.717, 1.165) is 25.7 Å². The Bertz CT molecular complexity index is 581. The molecule has 1 fully saturated rings. The van der Waals surface area contributed by atoms with Gasteiger partial charge in [-0.3, -0.25) is 9.10 Å². The number of carbonyl (C=O) groups is 1. The number of nitrogens with one attached hydrogen (secondary N) is 1. The number of para-hydroxylation sites is 1. The van der Waals surface area contributed by atoms with E-state index in [1.54, 1.807) is 24.3 Å². The topological polar surface area (TPSA) is 66.5 Å². The third-order valence-corrected chi connectivity index (χ3v) is 5.15. The van der Waals surface area contributed by atoms with Crippen molar-refractivity contribution in [2.75, 3.05) is 17.1 Å². The quantitative estimate of drug-likeness (QED) is 0.873. The molecule has 1 saturated carbocycles. The number of hydrogen-bond donors (Lipinski definition) is 1. The fourth-order valence-electron chi connectivity index (χ4n) is 2.83. The smallest absolute Gasteiger partial charge is 0.232 e. The Morgan fingerprint density at radius 3 is 2.41 bits per heavy atom. The van der Waals surface area contributed by atoms with Crippen LogP contribution in [0.2, 0.25) is 0 Å². The normalized spacial score (nSPS) is 16.2. The third kappa shape index (κ3) is 5.02. The number of benzene rings is 1. The van der Waals surface area contributed by atoms with Crippen LogP contribution in [0.25, 0.3) is 0 Å². The van der Waals surface area contributed by atoms with Crippen LogP contribution in [0.1, 0.15) is 38.5 Å². The molecule has 1 N–H and O–H groups in total. The first kappa shape index (κ1) is 16.8. The van der Waals surface area contributed by atoms with Gasteiger partial charge in [0.15, 0.2) is 0 Å². The summed E-state index contributed by atoms with van der Waals surface area (Å²) in [5.41, 5.74) is 0.593. The molecule has 0 aromatic heterocycles. The highest BCUT2D eigenvalue weighted by atomic mass is 32.2. The van der Waals surface area contributed by atoms with Gasteiger partial charge in [0.05, 0.1) is 11.9 Å². The van der Waals surface area contributed by atoms with Gasteiger partial charge in [-0.05, 0) is 25.0 Å². The van der Waals surface area contributed by atoms with Crippen molar-refractivity contribution in [1.29, 1.82) is 0 Å². The van der Waals surface area contributed by atoms with E-state index in [9.17, 15) is 13.2 Å². The Morgan fingerprint density at radius 1 is 1.18 bits per heavy atom. The molecule has 122 valence electrons. The summed E-state index contributed by atoms with van der Waals surface area (Å²) in [5.74, 6) is -0.0727. The Morgan fingerprint density at radius 2 is 1.82 bits per heavy atom. The van der Waals surface area contributed by atoms with Crippen molar-refractivity contribution in [3.8, 4) is 0 Å². The average molecular weight is 324 g/mol. The Kier molecular flexibility index (Phi) is 5.83. The van der Waals surface area contributed by atoms with Gasteiger partial charge in [-0.25, -0.2) is 8.42 Å². The molecule has 0 unspecified atom stereocenters. The van der Waals surface area contributed by atoms with Crippen LogP contribution < -0.4 is 9.62 Å². The summed E-state index contributed by atoms with van der Waals surface area (Å²) >= 11 is 0. The third-order valence-electron chi connectivity index (χ3n) is 3.96. The zero-order valence-corrected chi connectivity index (χ0v) is 13.8. The lowest BCUT2D eigenvalue weighted by Crippen LogP contribution is -2.39. The van der Waals surface area contributed by atoms with Crippen molar-refractivity contribution >= 4 is 21.6 Å². The van der Waals surface area contributed by atoms with Crippen LogP contribution in [-0.2, 0) is 14.8 Å². The van der Waals surface area contributed by atoms with Crippen LogP contribution in [0.3, 0.4) is 0 Å². The summed E-state index contributed by atoms with van der Waals surface area (Å²) in [5, 5.41) is 3.02. The van der Waals surface area contributed by atoms with Crippen LogP contribution in [0, 0.1) is 0 Å². The van der Waals surface area contributed by atoms with Gasteiger partial charge in [0.25, 0.3) is 0 Å². The molecule has 1 amide bonds.